The standard InChI is InChI=1S/C18H25N/c1-2-6-15(7-3-1)12-13-19-14-17-10-4-8-16-9-5-11-18(16)17/h4-5,8,10-11,15,19H,1-3,6-7,9,12-14H2. The van der Waals surface area contributed by atoms with Gasteiger partial charge in [0.1, 0.15) is 0 Å². The van der Waals surface area contributed by atoms with Crippen molar-refractivity contribution in [3.8, 4) is 0 Å². The minimum Gasteiger partial charge on any atom is -0.313 e. The van der Waals surface area contributed by atoms with E-state index in [0.717, 1.165) is 18.9 Å². The third-order valence-electron chi connectivity index (χ3n) is 4.68. The van der Waals surface area contributed by atoms with Crippen LogP contribution in [0.4, 0.5) is 0 Å². The van der Waals surface area contributed by atoms with Gasteiger partial charge in [0, 0.05) is 6.54 Å². The molecule has 2 aliphatic carbocycles. The van der Waals surface area contributed by atoms with Crippen molar-refractivity contribution in [2.45, 2.75) is 51.5 Å². The van der Waals surface area contributed by atoms with E-state index in [1.807, 2.05) is 0 Å². The lowest BCUT2D eigenvalue weighted by molar-refractivity contribution is 0.334. The van der Waals surface area contributed by atoms with E-state index >= 15 is 0 Å². The lowest BCUT2D eigenvalue weighted by Gasteiger charge is -2.21. The predicted octanol–water partition coefficient (Wildman–Crippen LogP) is 4.32. The summed E-state index contributed by atoms with van der Waals surface area (Å²) in [5.41, 5.74) is 4.43. The van der Waals surface area contributed by atoms with Gasteiger partial charge in [-0.15, -0.1) is 0 Å². The molecule has 1 saturated carbocycles. The molecule has 2 aliphatic rings. The lowest BCUT2D eigenvalue weighted by atomic mass is 9.87. The zero-order chi connectivity index (χ0) is 12.9. The molecule has 0 spiro atoms. The first-order chi connectivity index (χ1) is 9.43. The Hall–Kier alpha value is -1.08. The summed E-state index contributed by atoms with van der Waals surface area (Å²) >= 11 is 0. The van der Waals surface area contributed by atoms with Crippen molar-refractivity contribution < 1.29 is 0 Å². The maximum atomic E-state index is 3.64. The molecule has 1 fully saturated rings. The van der Waals surface area contributed by atoms with Gasteiger partial charge in [-0.3, -0.25) is 0 Å². The first-order valence-corrected chi connectivity index (χ1v) is 7.91. The highest BCUT2D eigenvalue weighted by atomic mass is 14.8. The van der Waals surface area contributed by atoms with Gasteiger partial charge in [-0.25, -0.2) is 0 Å². The van der Waals surface area contributed by atoms with Crippen LogP contribution < -0.4 is 5.32 Å². The van der Waals surface area contributed by atoms with Crippen molar-refractivity contribution in [3.05, 3.63) is 41.0 Å². The number of nitrogens with one attached hydrogen (secondary N) is 1. The average Bonchev–Trinajstić information content (AvgIpc) is 2.94. The van der Waals surface area contributed by atoms with Gasteiger partial charge in [0.2, 0.25) is 0 Å². The van der Waals surface area contributed by atoms with Gasteiger partial charge in [-0.2, -0.15) is 0 Å². The molecule has 1 N–H and O–H groups in total. The number of hydrogen-bond donors (Lipinski definition) is 1. The molecule has 1 heteroatoms. The fourth-order valence-corrected chi connectivity index (χ4v) is 3.52. The SMILES string of the molecule is C1=Cc2c(cccc2CNCCC2CCCCC2)C1. The minimum atomic E-state index is 0.989. The Balaban J connectivity index is 1.45. The topological polar surface area (TPSA) is 12.0 Å². The smallest absolute Gasteiger partial charge is 0.0211 e. The van der Waals surface area contributed by atoms with Gasteiger partial charge in [0.05, 0.1) is 0 Å². The Morgan fingerprint density at radius 2 is 2.00 bits per heavy atom. The summed E-state index contributed by atoms with van der Waals surface area (Å²) in [6, 6.07) is 6.72. The Morgan fingerprint density at radius 1 is 1.11 bits per heavy atom. The van der Waals surface area contributed by atoms with Gasteiger partial charge in [-0.1, -0.05) is 62.5 Å². The molecular formula is C18H25N. The van der Waals surface area contributed by atoms with Gasteiger partial charge >= 0.3 is 0 Å². The molecule has 0 unspecified atom stereocenters. The van der Waals surface area contributed by atoms with Crippen molar-refractivity contribution in [1.29, 1.82) is 0 Å². The van der Waals surface area contributed by atoms with Crippen LogP contribution in [0.25, 0.3) is 6.08 Å². The van der Waals surface area contributed by atoms with Gasteiger partial charge in [-0.05, 0) is 42.0 Å². The average molecular weight is 255 g/mol. The first-order valence-electron chi connectivity index (χ1n) is 7.91. The van der Waals surface area contributed by atoms with Crippen LogP contribution in [0, 0.1) is 5.92 Å². The van der Waals surface area contributed by atoms with Gasteiger partial charge in [0.25, 0.3) is 0 Å². The number of allylic oxidation sites excluding steroid dienone is 1. The molecule has 0 radical (unpaired) electrons. The number of hydrogen-bond acceptors (Lipinski definition) is 1. The number of rotatable bonds is 5. The first kappa shape index (κ1) is 12.9. The highest BCUT2D eigenvalue weighted by molar-refractivity contribution is 5.63. The van der Waals surface area contributed by atoms with Crippen molar-refractivity contribution >= 4 is 6.08 Å². The normalized spacial score (nSPS) is 18.7. The van der Waals surface area contributed by atoms with Crippen LogP contribution in [0.1, 0.15) is 55.2 Å². The Morgan fingerprint density at radius 3 is 2.89 bits per heavy atom. The largest absolute Gasteiger partial charge is 0.313 e. The molecule has 102 valence electrons. The number of fused-ring (bicyclic) bond motifs is 1. The summed E-state index contributed by atoms with van der Waals surface area (Å²) in [7, 11) is 0. The van der Waals surface area contributed by atoms with E-state index in [2.05, 4.69) is 35.7 Å². The summed E-state index contributed by atoms with van der Waals surface area (Å²) in [5, 5.41) is 3.64. The summed E-state index contributed by atoms with van der Waals surface area (Å²) in [4.78, 5) is 0. The molecule has 1 aromatic rings. The van der Waals surface area contributed by atoms with Crippen LogP contribution in [-0.4, -0.2) is 6.54 Å². The molecule has 0 aliphatic heterocycles. The summed E-state index contributed by atoms with van der Waals surface area (Å²) in [6.07, 6.45) is 14.4. The molecule has 0 saturated heterocycles. The zero-order valence-electron chi connectivity index (χ0n) is 11.8. The van der Waals surface area contributed by atoms with Gasteiger partial charge < -0.3 is 5.32 Å². The molecule has 0 aromatic heterocycles. The molecule has 1 aromatic carbocycles. The van der Waals surface area contributed by atoms with Crippen molar-refractivity contribution in [2.75, 3.05) is 6.54 Å². The fourth-order valence-electron chi connectivity index (χ4n) is 3.52. The summed E-state index contributed by atoms with van der Waals surface area (Å²) in [5.74, 6) is 0.989. The predicted molar refractivity (Wildman–Crippen MR) is 82.1 cm³/mol. The van der Waals surface area contributed by atoms with E-state index in [1.54, 1.807) is 0 Å². The highest BCUT2D eigenvalue weighted by Gasteiger charge is 2.13. The Bertz CT molecular complexity index is 441. The quantitative estimate of drug-likeness (QED) is 0.773. The van der Waals surface area contributed by atoms with Crippen molar-refractivity contribution in [2.24, 2.45) is 5.92 Å². The minimum absolute atomic E-state index is 0.989. The monoisotopic (exact) mass is 255 g/mol. The second-order valence-corrected chi connectivity index (χ2v) is 6.07. The third kappa shape index (κ3) is 3.27. The molecule has 0 heterocycles. The second-order valence-electron chi connectivity index (χ2n) is 6.07. The van der Waals surface area contributed by atoms with E-state index in [1.165, 1.54) is 61.8 Å². The highest BCUT2D eigenvalue weighted by Crippen LogP contribution is 2.26. The van der Waals surface area contributed by atoms with E-state index < -0.39 is 0 Å². The van der Waals surface area contributed by atoms with Crippen molar-refractivity contribution in [3.63, 3.8) is 0 Å². The molecular weight excluding hydrogens is 230 g/mol. The van der Waals surface area contributed by atoms with Crippen LogP contribution in [0.3, 0.4) is 0 Å². The fraction of sp³-hybridized carbons (Fsp3) is 0.556. The molecule has 0 bridgehead atoms. The Kier molecular flexibility index (Phi) is 4.34. The Labute approximate surface area is 117 Å². The van der Waals surface area contributed by atoms with Crippen molar-refractivity contribution in [1.82, 2.24) is 5.32 Å². The third-order valence-corrected chi connectivity index (χ3v) is 4.68. The van der Waals surface area contributed by atoms with Crippen LogP contribution in [-0.2, 0) is 13.0 Å². The van der Waals surface area contributed by atoms with E-state index in [4.69, 9.17) is 0 Å². The van der Waals surface area contributed by atoms with E-state index in [-0.39, 0.29) is 0 Å². The number of benzene rings is 1. The lowest BCUT2D eigenvalue weighted by Crippen LogP contribution is -2.19. The zero-order valence-corrected chi connectivity index (χ0v) is 11.8. The van der Waals surface area contributed by atoms with Crippen LogP contribution in [0.5, 0.6) is 0 Å². The van der Waals surface area contributed by atoms with Crippen LogP contribution in [0.2, 0.25) is 0 Å². The van der Waals surface area contributed by atoms with Gasteiger partial charge in [0.15, 0.2) is 0 Å². The maximum Gasteiger partial charge on any atom is 0.0211 e. The van der Waals surface area contributed by atoms with E-state index in [0.29, 0.717) is 0 Å². The molecule has 3 rings (SSSR count). The molecule has 1 nitrogen and oxygen atoms in total. The van der Waals surface area contributed by atoms with Crippen LogP contribution >= 0.6 is 0 Å². The summed E-state index contributed by atoms with van der Waals surface area (Å²) < 4.78 is 0. The second kappa shape index (κ2) is 6.38. The molecule has 0 atom stereocenters. The van der Waals surface area contributed by atoms with E-state index in [9.17, 15) is 0 Å². The molecule has 0 amide bonds. The molecule has 19 heavy (non-hydrogen) atoms. The maximum absolute atomic E-state index is 3.64. The van der Waals surface area contributed by atoms with Crippen LogP contribution in [0.15, 0.2) is 24.3 Å². The summed E-state index contributed by atoms with van der Waals surface area (Å²) in [6.45, 7) is 2.21.